The number of aliphatic hydroxyl groups excluding tert-OH is 1. The van der Waals surface area contributed by atoms with Crippen molar-refractivity contribution in [2.45, 2.75) is 58.4 Å². The fourth-order valence-electron chi connectivity index (χ4n) is 3.56. The summed E-state index contributed by atoms with van der Waals surface area (Å²) in [5.41, 5.74) is 0.519. The molecule has 3 nitrogen and oxygen atoms in total. The number of hydrogen-bond acceptors (Lipinski definition) is 3. The molecule has 3 heteroatoms. The smallest absolute Gasteiger partial charge is 0.0628 e. The molecule has 1 saturated carbocycles. The molecule has 112 valence electrons. The molecule has 0 amide bonds. The lowest BCUT2D eigenvalue weighted by atomic mass is 9.78. The van der Waals surface area contributed by atoms with Gasteiger partial charge in [-0.15, -0.1) is 0 Å². The minimum Gasteiger partial charge on any atom is -0.394 e. The van der Waals surface area contributed by atoms with Crippen molar-refractivity contribution in [2.24, 2.45) is 11.3 Å². The van der Waals surface area contributed by atoms with Crippen LogP contribution < -0.4 is 5.32 Å². The fourth-order valence-corrected chi connectivity index (χ4v) is 3.56. The largest absolute Gasteiger partial charge is 0.394 e. The third-order valence-corrected chi connectivity index (χ3v) is 5.59. The van der Waals surface area contributed by atoms with Gasteiger partial charge in [-0.25, -0.2) is 0 Å². The Morgan fingerprint density at radius 3 is 2.32 bits per heavy atom. The molecular formula is C16H32N2O. The number of nitrogens with zero attached hydrogens (tertiary/aromatic N) is 1. The maximum atomic E-state index is 9.91. The second-order valence-electron chi connectivity index (χ2n) is 7.06. The Morgan fingerprint density at radius 1 is 1.26 bits per heavy atom. The lowest BCUT2D eigenvalue weighted by Crippen LogP contribution is -2.59. The van der Waals surface area contributed by atoms with Gasteiger partial charge in [0.25, 0.3) is 0 Å². The Bertz CT molecular complexity index is 282. The van der Waals surface area contributed by atoms with Gasteiger partial charge in [0.2, 0.25) is 0 Å². The lowest BCUT2D eigenvalue weighted by Gasteiger charge is -2.44. The summed E-state index contributed by atoms with van der Waals surface area (Å²) in [5.74, 6) is 0.692. The van der Waals surface area contributed by atoms with Gasteiger partial charge >= 0.3 is 0 Å². The summed E-state index contributed by atoms with van der Waals surface area (Å²) in [7, 11) is 0. The van der Waals surface area contributed by atoms with E-state index in [4.69, 9.17) is 0 Å². The molecule has 1 aliphatic carbocycles. The summed E-state index contributed by atoms with van der Waals surface area (Å²) in [6.07, 6.45) is 6.48. The number of piperidine rings is 1. The minimum absolute atomic E-state index is 0.0330. The second-order valence-corrected chi connectivity index (χ2v) is 7.06. The van der Waals surface area contributed by atoms with Crippen LogP contribution >= 0.6 is 0 Å². The molecule has 1 atom stereocenters. The summed E-state index contributed by atoms with van der Waals surface area (Å²) in [4.78, 5) is 2.58. The highest BCUT2D eigenvalue weighted by Gasteiger charge is 2.45. The van der Waals surface area contributed by atoms with Crippen molar-refractivity contribution in [3.63, 3.8) is 0 Å². The van der Waals surface area contributed by atoms with Crippen molar-refractivity contribution in [1.29, 1.82) is 0 Å². The van der Waals surface area contributed by atoms with Gasteiger partial charge in [-0.05, 0) is 56.7 Å². The molecule has 2 rings (SSSR count). The highest BCUT2D eigenvalue weighted by atomic mass is 16.3. The van der Waals surface area contributed by atoms with Crippen LogP contribution in [0.25, 0.3) is 0 Å². The standard InChI is InChI=1S/C16H32N2O/c1-4-15(3)8-10-18(11-9-15)12-16(13-19,17-5-2)14-6-7-14/h14,17,19H,4-13H2,1-3H3. The average molecular weight is 268 g/mol. The van der Waals surface area contributed by atoms with Gasteiger partial charge in [0, 0.05) is 6.54 Å². The molecule has 19 heavy (non-hydrogen) atoms. The minimum atomic E-state index is -0.0330. The predicted molar refractivity (Wildman–Crippen MR) is 80.3 cm³/mol. The van der Waals surface area contributed by atoms with Gasteiger partial charge in [0.1, 0.15) is 0 Å². The summed E-state index contributed by atoms with van der Waals surface area (Å²) in [5, 5.41) is 13.5. The molecule has 0 aromatic carbocycles. The molecule has 1 unspecified atom stereocenters. The van der Waals surface area contributed by atoms with Crippen molar-refractivity contribution in [3.05, 3.63) is 0 Å². The van der Waals surface area contributed by atoms with Crippen LogP contribution in [0.4, 0.5) is 0 Å². The Balaban J connectivity index is 1.92. The molecule has 0 spiro atoms. The first-order valence-electron chi connectivity index (χ1n) is 8.16. The Kier molecular flexibility index (Phi) is 4.91. The molecule has 0 radical (unpaired) electrons. The van der Waals surface area contributed by atoms with Crippen LogP contribution in [0.15, 0.2) is 0 Å². The Labute approximate surface area is 118 Å². The number of hydrogen-bond donors (Lipinski definition) is 2. The molecule has 1 heterocycles. The number of likely N-dealkylation sites (tertiary alicyclic amines) is 1. The van der Waals surface area contributed by atoms with Gasteiger partial charge in [-0.3, -0.25) is 0 Å². The molecule has 0 aromatic rings. The summed E-state index contributed by atoms with van der Waals surface area (Å²) in [6, 6.07) is 0. The van der Waals surface area contributed by atoms with Crippen molar-refractivity contribution in [2.75, 3.05) is 32.8 Å². The van der Waals surface area contributed by atoms with Gasteiger partial charge in [-0.2, -0.15) is 0 Å². The first-order valence-corrected chi connectivity index (χ1v) is 8.16. The van der Waals surface area contributed by atoms with Crippen molar-refractivity contribution in [3.8, 4) is 0 Å². The lowest BCUT2D eigenvalue weighted by molar-refractivity contribution is 0.0526. The van der Waals surface area contributed by atoms with E-state index in [-0.39, 0.29) is 12.1 Å². The molecule has 2 aliphatic rings. The predicted octanol–water partition coefficient (Wildman–Crippen LogP) is 2.25. The molecule has 0 bridgehead atoms. The fraction of sp³-hybridized carbons (Fsp3) is 1.00. The molecule has 1 saturated heterocycles. The van der Waals surface area contributed by atoms with Crippen LogP contribution in [0.5, 0.6) is 0 Å². The zero-order chi connectivity index (χ0) is 13.9. The summed E-state index contributed by atoms with van der Waals surface area (Å²) >= 11 is 0. The van der Waals surface area contributed by atoms with E-state index in [2.05, 4.69) is 31.0 Å². The first-order chi connectivity index (χ1) is 9.07. The third kappa shape index (κ3) is 3.50. The van der Waals surface area contributed by atoms with E-state index in [0.717, 1.165) is 13.1 Å². The zero-order valence-electron chi connectivity index (χ0n) is 13.0. The van der Waals surface area contributed by atoms with E-state index in [1.165, 1.54) is 45.2 Å². The van der Waals surface area contributed by atoms with Crippen molar-refractivity contribution in [1.82, 2.24) is 10.2 Å². The maximum absolute atomic E-state index is 9.91. The second kappa shape index (κ2) is 6.11. The third-order valence-electron chi connectivity index (χ3n) is 5.59. The monoisotopic (exact) mass is 268 g/mol. The molecule has 2 fully saturated rings. The molecule has 0 aromatic heterocycles. The van der Waals surface area contributed by atoms with E-state index < -0.39 is 0 Å². The number of nitrogens with one attached hydrogen (secondary N) is 1. The highest BCUT2D eigenvalue weighted by molar-refractivity contribution is 5.03. The average Bonchev–Trinajstić information content (AvgIpc) is 3.26. The molecule has 2 N–H and O–H groups in total. The quantitative estimate of drug-likeness (QED) is 0.743. The zero-order valence-corrected chi connectivity index (χ0v) is 13.0. The van der Waals surface area contributed by atoms with Crippen LogP contribution in [0.1, 0.15) is 52.9 Å². The summed E-state index contributed by atoms with van der Waals surface area (Å²) < 4.78 is 0. The van der Waals surface area contributed by atoms with Gasteiger partial charge in [0.05, 0.1) is 12.1 Å². The van der Waals surface area contributed by atoms with E-state index in [0.29, 0.717) is 11.3 Å². The van der Waals surface area contributed by atoms with Crippen molar-refractivity contribution >= 4 is 0 Å². The van der Waals surface area contributed by atoms with E-state index >= 15 is 0 Å². The molecule has 1 aliphatic heterocycles. The van der Waals surface area contributed by atoms with Crippen LogP contribution in [-0.2, 0) is 0 Å². The van der Waals surface area contributed by atoms with Gasteiger partial charge < -0.3 is 15.3 Å². The Morgan fingerprint density at radius 2 is 1.89 bits per heavy atom. The van der Waals surface area contributed by atoms with E-state index in [1.54, 1.807) is 0 Å². The topological polar surface area (TPSA) is 35.5 Å². The number of aliphatic hydroxyl groups is 1. The van der Waals surface area contributed by atoms with Crippen LogP contribution in [0.2, 0.25) is 0 Å². The first kappa shape index (κ1) is 15.3. The van der Waals surface area contributed by atoms with Crippen molar-refractivity contribution < 1.29 is 5.11 Å². The van der Waals surface area contributed by atoms with Crippen LogP contribution in [0.3, 0.4) is 0 Å². The maximum Gasteiger partial charge on any atom is 0.0628 e. The van der Waals surface area contributed by atoms with Crippen LogP contribution in [0, 0.1) is 11.3 Å². The highest BCUT2D eigenvalue weighted by Crippen LogP contribution is 2.41. The van der Waals surface area contributed by atoms with E-state index in [1.807, 2.05) is 0 Å². The number of rotatable bonds is 7. The van der Waals surface area contributed by atoms with Gasteiger partial charge in [0.15, 0.2) is 0 Å². The molecular weight excluding hydrogens is 236 g/mol. The van der Waals surface area contributed by atoms with E-state index in [9.17, 15) is 5.11 Å². The van der Waals surface area contributed by atoms with Crippen LogP contribution in [-0.4, -0.2) is 48.3 Å². The Hall–Kier alpha value is -0.120. The SMILES string of the molecule is CCNC(CO)(CN1CCC(C)(CC)CC1)C1CC1. The number of likely N-dealkylation sites (N-methyl/N-ethyl adjacent to an activating group) is 1. The van der Waals surface area contributed by atoms with Gasteiger partial charge in [-0.1, -0.05) is 27.2 Å². The normalized spacial score (nSPS) is 27.2. The summed E-state index contributed by atoms with van der Waals surface area (Å²) in [6.45, 7) is 11.6.